The van der Waals surface area contributed by atoms with Crippen molar-refractivity contribution in [2.75, 3.05) is 18.8 Å². The summed E-state index contributed by atoms with van der Waals surface area (Å²) in [5, 5.41) is 8.66. The maximum absolute atomic E-state index is 11.8. The molecule has 1 aromatic rings. The first-order chi connectivity index (χ1) is 12.6. The van der Waals surface area contributed by atoms with Crippen LogP contribution in [0.5, 0.6) is 0 Å². The van der Waals surface area contributed by atoms with Crippen molar-refractivity contribution >= 4 is 23.7 Å². The average Bonchev–Trinajstić information content (AvgIpc) is 2.64. The molecule has 0 unspecified atom stereocenters. The van der Waals surface area contributed by atoms with E-state index in [2.05, 4.69) is 47.1 Å². The predicted octanol–water partition coefficient (Wildman–Crippen LogP) is 3.37. The van der Waals surface area contributed by atoms with Crippen LogP contribution in [0.2, 0.25) is 0 Å². The molecule has 5 nitrogen and oxygen atoms in total. The van der Waals surface area contributed by atoms with E-state index in [1.165, 1.54) is 30.4 Å². The SMILES string of the molecule is Cc1ccc(CSCCNC(=O)CCNC(=O)NC2CCCCC2)cc1. The van der Waals surface area contributed by atoms with Crippen molar-refractivity contribution in [3.8, 4) is 0 Å². The third-order valence-electron chi connectivity index (χ3n) is 4.54. The van der Waals surface area contributed by atoms with Crippen molar-refractivity contribution < 1.29 is 9.59 Å². The molecule has 0 spiro atoms. The summed E-state index contributed by atoms with van der Waals surface area (Å²) in [4.78, 5) is 23.6. The number of nitrogens with one attached hydrogen (secondary N) is 3. The molecule has 0 saturated heterocycles. The Morgan fingerprint density at radius 2 is 1.77 bits per heavy atom. The number of carbonyl (C=O) groups excluding carboxylic acids is 2. The fourth-order valence-corrected chi connectivity index (χ4v) is 3.82. The molecule has 6 heteroatoms. The minimum atomic E-state index is -0.154. The molecule has 1 aliphatic rings. The summed E-state index contributed by atoms with van der Waals surface area (Å²) < 4.78 is 0. The molecule has 144 valence electrons. The Hall–Kier alpha value is -1.69. The second kappa shape index (κ2) is 11.8. The molecule has 1 aliphatic carbocycles. The number of benzene rings is 1. The molecule has 0 bridgehead atoms. The molecule has 0 atom stereocenters. The van der Waals surface area contributed by atoms with E-state index >= 15 is 0 Å². The largest absolute Gasteiger partial charge is 0.355 e. The molecule has 0 heterocycles. The number of aryl methyl sites for hydroxylation is 1. The molecule has 0 aromatic heterocycles. The van der Waals surface area contributed by atoms with Crippen molar-refractivity contribution in [3.63, 3.8) is 0 Å². The molecule has 1 fully saturated rings. The van der Waals surface area contributed by atoms with Crippen LogP contribution < -0.4 is 16.0 Å². The summed E-state index contributed by atoms with van der Waals surface area (Å²) >= 11 is 1.81. The summed E-state index contributed by atoms with van der Waals surface area (Å²) in [5.74, 6) is 1.83. The molecule has 1 saturated carbocycles. The van der Waals surface area contributed by atoms with E-state index in [1.54, 1.807) is 0 Å². The summed E-state index contributed by atoms with van der Waals surface area (Å²) in [6.45, 7) is 3.12. The van der Waals surface area contributed by atoms with Gasteiger partial charge < -0.3 is 16.0 Å². The standard InChI is InChI=1S/C20H31N3O2S/c1-16-7-9-17(10-8-16)15-26-14-13-21-19(24)11-12-22-20(25)23-18-5-3-2-4-6-18/h7-10,18H,2-6,11-15H2,1H3,(H,21,24)(H2,22,23,25). The van der Waals surface area contributed by atoms with Gasteiger partial charge in [0, 0.05) is 37.1 Å². The molecule has 0 aliphatic heterocycles. The average molecular weight is 378 g/mol. The topological polar surface area (TPSA) is 70.2 Å². The lowest BCUT2D eigenvalue weighted by molar-refractivity contribution is -0.120. The van der Waals surface area contributed by atoms with E-state index in [0.717, 1.165) is 24.3 Å². The van der Waals surface area contributed by atoms with Gasteiger partial charge in [0.25, 0.3) is 0 Å². The van der Waals surface area contributed by atoms with Gasteiger partial charge in [-0.1, -0.05) is 49.1 Å². The van der Waals surface area contributed by atoms with E-state index in [9.17, 15) is 9.59 Å². The van der Waals surface area contributed by atoms with Crippen LogP contribution in [0.25, 0.3) is 0 Å². The highest BCUT2D eigenvalue weighted by molar-refractivity contribution is 7.98. The second-order valence-electron chi connectivity index (χ2n) is 6.87. The number of urea groups is 1. The third-order valence-corrected chi connectivity index (χ3v) is 5.57. The van der Waals surface area contributed by atoms with Crippen molar-refractivity contribution in [3.05, 3.63) is 35.4 Å². The Kier molecular flexibility index (Phi) is 9.39. The molecule has 3 N–H and O–H groups in total. The van der Waals surface area contributed by atoms with Crippen LogP contribution in [0.1, 0.15) is 49.7 Å². The van der Waals surface area contributed by atoms with Crippen LogP contribution in [-0.4, -0.2) is 36.8 Å². The highest BCUT2D eigenvalue weighted by atomic mass is 32.2. The minimum Gasteiger partial charge on any atom is -0.355 e. The Morgan fingerprint density at radius 3 is 2.50 bits per heavy atom. The lowest BCUT2D eigenvalue weighted by Gasteiger charge is -2.22. The first-order valence-electron chi connectivity index (χ1n) is 9.58. The number of hydrogen-bond donors (Lipinski definition) is 3. The quantitative estimate of drug-likeness (QED) is 0.578. The summed E-state index contributed by atoms with van der Waals surface area (Å²) in [6.07, 6.45) is 6.09. The lowest BCUT2D eigenvalue weighted by atomic mass is 9.96. The Morgan fingerprint density at radius 1 is 1.04 bits per heavy atom. The zero-order chi connectivity index (χ0) is 18.6. The number of thioether (sulfide) groups is 1. The van der Waals surface area contributed by atoms with Gasteiger partial charge in [0.15, 0.2) is 0 Å². The molecule has 0 radical (unpaired) electrons. The van der Waals surface area contributed by atoms with Crippen molar-refractivity contribution in [2.24, 2.45) is 0 Å². The molecule has 26 heavy (non-hydrogen) atoms. The van der Waals surface area contributed by atoms with Gasteiger partial charge in [0.1, 0.15) is 0 Å². The van der Waals surface area contributed by atoms with Crippen LogP contribution in [0, 0.1) is 6.92 Å². The summed E-state index contributed by atoms with van der Waals surface area (Å²) in [7, 11) is 0. The van der Waals surface area contributed by atoms with Gasteiger partial charge in [-0.15, -0.1) is 0 Å². The minimum absolute atomic E-state index is 0.0149. The maximum Gasteiger partial charge on any atom is 0.315 e. The van der Waals surface area contributed by atoms with Crippen molar-refractivity contribution in [1.29, 1.82) is 0 Å². The van der Waals surface area contributed by atoms with Crippen molar-refractivity contribution in [2.45, 2.75) is 57.2 Å². The zero-order valence-electron chi connectivity index (χ0n) is 15.7. The van der Waals surface area contributed by atoms with Crippen LogP contribution in [-0.2, 0) is 10.5 Å². The van der Waals surface area contributed by atoms with Crippen LogP contribution in [0.15, 0.2) is 24.3 Å². The second-order valence-corrected chi connectivity index (χ2v) is 7.98. The van der Waals surface area contributed by atoms with E-state index in [-0.39, 0.29) is 11.9 Å². The Balaban J connectivity index is 1.45. The lowest BCUT2D eigenvalue weighted by Crippen LogP contribution is -2.43. The van der Waals surface area contributed by atoms with Gasteiger partial charge >= 0.3 is 6.03 Å². The third kappa shape index (κ3) is 8.61. The molecule has 1 aromatic carbocycles. The van der Waals surface area contributed by atoms with Crippen LogP contribution in [0.4, 0.5) is 4.79 Å². The van der Waals surface area contributed by atoms with Gasteiger partial charge in [0.2, 0.25) is 5.91 Å². The zero-order valence-corrected chi connectivity index (χ0v) is 16.5. The smallest absolute Gasteiger partial charge is 0.315 e. The maximum atomic E-state index is 11.8. The predicted molar refractivity (Wildman–Crippen MR) is 108 cm³/mol. The first kappa shape index (κ1) is 20.6. The van der Waals surface area contributed by atoms with Crippen LogP contribution >= 0.6 is 11.8 Å². The number of amides is 3. The molecule has 2 rings (SSSR count). The summed E-state index contributed by atoms with van der Waals surface area (Å²) in [6, 6.07) is 8.67. The Bertz CT molecular complexity index is 557. The van der Waals surface area contributed by atoms with E-state index in [1.807, 2.05) is 11.8 Å². The first-order valence-corrected chi connectivity index (χ1v) is 10.7. The van der Waals surface area contributed by atoms with Gasteiger partial charge in [0.05, 0.1) is 0 Å². The van der Waals surface area contributed by atoms with E-state index in [4.69, 9.17) is 0 Å². The molecular weight excluding hydrogens is 346 g/mol. The van der Waals surface area contributed by atoms with Crippen LogP contribution in [0.3, 0.4) is 0 Å². The van der Waals surface area contributed by atoms with Gasteiger partial charge in [-0.3, -0.25) is 4.79 Å². The van der Waals surface area contributed by atoms with Gasteiger partial charge in [-0.25, -0.2) is 4.79 Å². The van der Waals surface area contributed by atoms with Gasteiger partial charge in [-0.2, -0.15) is 11.8 Å². The van der Waals surface area contributed by atoms with Crippen molar-refractivity contribution in [1.82, 2.24) is 16.0 Å². The highest BCUT2D eigenvalue weighted by Gasteiger charge is 2.15. The monoisotopic (exact) mass is 377 g/mol. The molecule has 3 amide bonds. The normalized spacial score (nSPS) is 14.7. The Labute approximate surface area is 161 Å². The number of rotatable bonds is 9. The fraction of sp³-hybridized carbons (Fsp3) is 0.600. The highest BCUT2D eigenvalue weighted by Crippen LogP contribution is 2.17. The van der Waals surface area contributed by atoms with E-state index in [0.29, 0.717) is 25.6 Å². The summed E-state index contributed by atoms with van der Waals surface area (Å²) in [5.41, 5.74) is 2.58. The molecular formula is C20H31N3O2S. The van der Waals surface area contributed by atoms with E-state index < -0.39 is 0 Å². The fourth-order valence-electron chi connectivity index (χ4n) is 3.00. The van der Waals surface area contributed by atoms with Gasteiger partial charge in [-0.05, 0) is 25.3 Å². The number of hydrogen-bond acceptors (Lipinski definition) is 3. The number of carbonyl (C=O) groups is 2.